The monoisotopic (exact) mass is 485 g/mol. The molecule has 3 rings (SSSR count). The van der Waals surface area contributed by atoms with Gasteiger partial charge in [0, 0.05) is 22.4 Å². The predicted molar refractivity (Wildman–Crippen MR) is 128 cm³/mol. The van der Waals surface area contributed by atoms with Gasteiger partial charge in [0.05, 0.1) is 6.26 Å². The Labute approximate surface area is 196 Å². The average Bonchev–Trinajstić information content (AvgIpc) is 2.77. The lowest BCUT2D eigenvalue weighted by molar-refractivity contribution is -0.139. The molecule has 0 atom stereocenters. The number of nitrogens with two attached hydrogens (primary N) is 1. The fourth-order valence-corrected chi connectivity index (χ4v) is 2.80. The van der Waals surface area contributed by atoms with Crippen molar-refractivity contribution in [1.29, 1.82) is 5.41 Å². The van der Waals surface area contributed by atoms with E-state index in [-0.39, 0.29) is 11.7 Å². The molecule has 6 N–H and O–H groups in total. The summed E-state index contributed by atoms with van der Waals surface area (Å²) in [5.74, 6) is -1.09. The molecule has 0 unspecified atom stereocenters. The van der Waals surface area contributed by atoms with Crippen LogP contribution >= 0.6 is 0 Å². The lowest BCUT2D eigenvalue weighted by Crippen LogP contribution is -2.14. The van der Waals surface area contributed by atoms with Gasteiger partial charge in [0.25, 0.3) is 16.0 Å². The van der Waals surface area contributed by atoms with E-state index in [1.54, 1.807) is 72.8 Å². The molecule has 0 aromatic heterocycles. The zero-order valence-electron chi connectivity index (χ0n) is 18.1. The fourth-order valence-electron chi connectivity index (χ4n) is 2.80. The highest BCUT2D eigenvalue weighted by molar-refractivity contribution is 7.85. The number of ether oxygens (including phenoxy) is 1. The van der Waals surface area contributed by atoms with Crippen LogP contribution in [0.15, 0.2) is 72.8 Å². The van der Waals surface area contributed by atoms with Gasteiger partial charge in [-0.1, -0.05) is 36.4 Å². The Morgan fingerprint density at radius 1 is 0.971 bits per heavy atom. The summed E-state index contributed by atoms with van der Waals surface area (Å²) in [6.07, 6.45) is 0.715. The van der Waals surface area contributed by atoms with Gasteiger partial charge in [-0.05, 0) is 42.0 Å². The van der Waals surface area contributed by atoms with E-state index >= 15 is 0 Å². The zero-order valence-corrected chi connectivity index (χ0v) is 18.9. The van der Waals surface area contributed by atoms with E-state index in [1.807, 2.05) is 0 Å². The molecule has 1 amide bonds. The minimum Gasteiger partial charge on any atom is -0.481 e. The number of anilines is 1. The van der Waals surface area contributed by atoms with E-state index in [9.17, 15) is 18.0 Å². The van der Waals surface area contributed by atoms with Crippen molar-refractivity contribution in [3.05, 3.63) is 83.9 Å². The van der Waals surface area contributed by atoms with Gasteiger partial charge in [-0.3, -0.25) is 14.8 Å². The number of carbonyl (C=O) groups excluding carboxylic acids is 1. The number of rotatable bonds is 7. The summed E-state index contributed by atoms with van der Waals surface area (Å²) in [5.41, 5.74) is 8.21. The van der Waals surface area contributed by atoms with Crippen molar-refractivity contribution in [2.45, 2.75) is 0 Å². The highest BCUT2D eigenvalue weighted by Crippen LogP contribution is 2.32. The summed E-state index contributed by atoms with van der Waals surface area (Å²) in [6, 6.07) is 20.6. The van der Waals surface area contributed by atoms with E-state index in [2.05, 4.69) is 5.32 Å². The number of aliphatic carboxylic acids is 1. The highest BCUT2D eigenvalue weighted by atomic mass is 32.2. The number of amidine groups is 1. The summed E-state index contributed by atoms with van der Waals surface area (Å²) in [5, 5.41) is 19.1. The topological polar surface area (TPSA) is 180 Å². The molecule has 0 radical (unpaired) electrons. The molecule has 0 aliphatic carbocycles. The number of carboxylic acid groups (broad SMARTS) is 1. The summed E-state index contributed by atoms with van der Waals surface area (Å²) < 4.78 is 31.2. The smallest absolute Gasteiger partial charge is 0.341 e. The number of nitrogen functional groups attached to an aromatic ring is 1. The number of carboxylic acids is 1. The third-order valence-electron chi connectivity index (χ3n) is 4.15. The van der Waals surface area contributed by atoms with Gasteiger partial charge in [-0.25, -0.2) is 4.79 Å². The molecule has 0 aliphatic rings. The molecular formula is C23H23N3O7S. The second-order valence-corrected chi connectivity index (χ2v) is 8.37. The van der Waals surface area contributed by atoms with Gasteiger partial charge >= 0.3 is 5.97 Å². The SMILES string of the molecule is CS(=O)(=O)O.N=C(N)c1ccc(NC(=O)c2ccccc2-c2ccccc2OCC(=O)O)cc1. The van der Waals surface area contributed by atoms with Crippen LogP contribution in [0.25, 0.3) is 11.1 Å². The Kier molecular flexibility index (Phi) is 8.87. The number of carbonyl (C=O) groups is 2. The molecule has 11 heteroatoms. The molecule has 3 aromatic rings. The number of para-hydroxylation sites is 1. The van der Waals surface area contributed by atoms with Crippen molar-refractivity contribution < 1.29 is 32.4 Å². The number of nitrogens with one attached hydrogen (secondary N) is 2. The normalized spacial score (nSPS) is 10.4. The summed E-state index contributed by atoms with van der Waals surface area (Å²) in [4.78, 5) is 23.7. The first-order valence-corrected chi connectivity index (χ1v) is 11.5. The third kappa shape index (κ3) is 8.37. The maximum Gasteiger partial charge on any atom is 0.341 e. The molecule has 178 valence electrons. The van der Waals surface area contributed by atoms with Gasteiger partial charge in [0.15, 0.2) is 6.61 Å². The number of hydrogen-bond donors (Lipinski definition) is 5. The quantitative estimate of drug-likeness (QED) is 0.192. The molecule has 0 saturated heterocycles. The zero-order chi connectivity index (χ0) is 25.3. The Balaban J connectivity index is 0.000000739. The maximum absolute atomic E-state index is 12.9. The van der Waals surface area contributed by atoms with Crippen LogP contribution in [0.1, 0.15) is 15.9 Å². The van der Waals surface area contributed by atoms with Gasteiger partial charge in [-0.2, -0.15) is 8.42 Å². The lowest BCUT2D eigenvalue weighted by atomic mass is 9.98. The van der Waals surface area contributed by atoms with Crippen molar-refractivity contribution in [2.75, 3.05) is 18.2 Å². The summed E-state index contributed by atoms with van der Waals surface area (Å²) >= 11 is 0. The van der Waals surface area contributed by atoms with Crippen LogP contribution in [0.5, 0.6) is 5.75 Å². The molecule has 3 aromatic carbocycles. The summed E-state index contributed by atoms with van der Waals surface area (Å²) in [7, 11) is -3.67. The molecule has 34 heavy (non-hydrogen) atoms. The molecule has 0 spiro atoms. The van der Waals surface area contributed by atoms with Crippen molar-refractivity contribution >= 4 is 33.5 Å². The second kappa shape index (κ2) is 11.6. The van der Waals surface area contributed by atoms with Gasteiger partial charge in [0.1, 0.15) is 11.6 Å². The molecule has 0 aliphatic heterocycles. The van der Waals surface area contributed by atoms with E-state index in [1.165, 1.54) is 0 Å². The van der Waals surface area contributed by atoms with Crippen LogP contribution in [0.2, 0.25) is 0 Å². The van der Waals surface area contributed by atoms with Crippen LogP contribution in [0, 0.1) is 5.41 Å². The number of hydrogen-bond acceptors (Lipinski definition) is 6. The first-order valence-electron chi connectivity index (χ1n) is 9.67. The van der Waals surface area contributed by atoms with E-state index < -0.39 is 22.7 Å². The Morgan fingerprint density at radius 3 is 2.06 bits per heavy atom. The van der Waals surface area contributed by atoms with Crippen molar-refractivity contribution in [2.24, 2.45) is 5.73 Å². The Hall–Kier alpha value is -4.22. The first-order chi connectivity index (χ1) is 16.0. The van der Waals surface area contributed by atoms with Crippen LogP contribution in [-0.4, -0.2) is 48.7 Å². The molecule has 0 fully saturated rings. The molecule has 0 bridgehead atoms. The van der Waals surface area contributed by atoms with Crippen molar-refractivity contribution in [1.82, 2.24) is 0 Å². The molecule has 0 saturated carbocycles. The average molecular weight is 486 g/mol. The first kappa shape index (κ1) is 26.0. The number of amides is 1. The van der Waals surface area contributed by atoms with E-state index in [0.29, 0.717) is 39.9 Å². The van der Waals surface area contributed by atoms with E-state index in [0.717, 1.165) is 0 Å². The molecular weight excluding hydrogens is 462 g/mol. The highest BCUT2D eigenvalue weighted by Gasteiger charge is 2.16. The van der Waals surface area contributed by atoms with Crippen molar-refractivity contribution in [3.8, 4) is 16.9 Å². The minimum absolute atomic E-state index is 0.0498. The van der Waals surface area contributed by atoms with Crippen LogP contribution < -0.4 is 15.8 Å². The van der Waals surface area contributed by atoms with Crippen LogP contribution in [-0.2, 0) is 14.9 Å². The Bertz CT molecular complexity index is 1280. The minimum atomic E-state index is -3.67. The van der Waals surface area contributed by atoms with Gasteiger partial charge < -0.3 is 20.9 Å². The molecule has 10 nitrogen and oxygen atoms in total. The van der Waals surface area contributed by atoms with Crippen LogP contribution in [0.4, 0.5) is 5.69 Å². The van der Waals surface area contributed by atoms with E-state index in [4.69, 9.17) is 25.5 Å². The largest absolute Gasteiger partial charge is 0.481 e. The fraction of sp³-hybridized carbons (Fsp3) is 0.0870. The number of benzene rings is 3. The maximum atomic E-state index is 12.9. The van der Waals surface area contributed by atoms with Gasteiger partial charge in [-0.15, -0.1) is 0 Å². The Morgan fingerprint density at radius 2 is 1.50 bits per heavy atom. The molecule has 0 heterocycles. The van der Waals surface area contributed by atoms with Crippen molar-refractivity contribution in [3.63, 3.8) is 0 Å². The van der Waals surface area contributed by atoms with Crippen LogP contribution in [0.3, 0.4) is 0 Å². The third-order valence-corrected chi connectivity index (χ3v) is 4.15. The predicted octanol–water partition coefficient (Wildman–Crippen LogP) is 2.86. The standard InChI is InChI=1S/C22H19N3O4.CH4O3S/c23-21(24)14-9-11-15(12-10-14)25-22(28)18-7-2-1-5-16(18)17-6-3-4-8-19(17)29-13-20(26)27;1-5(2,3)4/h1-12H,13H2,(H3,23,24)(H,25,28)(H,26,27);1H3,(H,2,3,4). The van der Waals surface area contributed by atoms with Gasteiger partial charge in [0.2, 0.25) is 0 Å². The lowest BCUT2D eigenvalue weighted by Gasteiger charge is -2.14. The summed E-state index contributed by atoms with van der Waals surface area (Å²) in [6.45, 7) is -0.478. The second-order valence-electron chi connectivity index (χ2n) is 6.90.